The minimum atomic E-state index is -0.779. The number of unbranched alkanes of at least 4 members (excludes halogenated alkanes) is 45. The largest absolute Gasteiger partial charge is 0.462 e. The van der Waals surface area contributed by atoms with E-state index in [0.29, 0.717) is 19.3 Å². The molecule has 0 rings (SSSR count). The molecule has 78 heavy (non-hydrogen) atoms. The van der Waals surface area contributed by atoms with Crippen molar-refractivity contribution < 1.29 is 28.6 Å². The molecule has 0 saturated heterocycles. The molecular weight excluding hydrogens is 961 g/mol. The minimum Gasteiger partial charge on any atom is -0.462 e. The van der Waals surface area contributed by atoms with Gasteiger partial charge in [0.2, 0.25) is 0 Å². The first-order valence-corrected chi connectivity index (χ1v) is 34.6. The van der Waals surface area contributed by atoms with Crippen molar-refractivity contribution in [1.29, 1.82) is 0 Å². The molecule has 0 aliphatic carbocycles. The molecule has 0 saturated carbocycles. The fourth-order valence-electron chi connectivity index (χ4n) is 10.4. The van der Waals surface area contributed by atoms with E-state index in [2.05, 4.69) is 69.4 Å². The van der Waals surface area contributed by atoms with Gasteiger partial charge in [0.15, 0.2) is 6.10 Å². The van der Waals surface area contributed by atoms with E-state index in [4.69, 9.17) is 14.2 Å². The van der Waals surface area contributed by atoms with E-state index in [1.165, 1.54) is 238 Å². The molecule has 0 bridgehead atoms. The number of allylic oxidation sites excluding steroid dienone is 8. The van der Waals surface area contributed by atoms with Gasteiger partial charge in [0.1, 0.15) is 13.2 Å². The zero-order valence-electron chi connectivity index (χ0n) is 52.5. The van der Waals surface area contributed by atoms with E-state index in [-0.39, 0.29) is 31.1 Å². The van der Waals surface area contributed by atoms with Crippen LogP contribution in [0.15, 0.2) is 48.6 Å². The van der Waals surface area contributed by atoms with E-state index < -0.39 is 6.10 Å². The first-order valence-electron chi connectivity index (χ1n) is 34.6. The van der Waals surface area contributed by atoms with Crippen LogP contribution in [0, 0.1) is 0 Å². The second-order valence-electron chi connectivity index (χ2n) is 23.4. The lowest BCUT2D eigenvalue weighted by atomic mass is 10.0. The van der Waals surface area contributed by atoms with Crippen LogP contribution < -0.4 is 0 Å². The summed E-state index contributed by atoms with van der Waals surface area (Å²) in [7, 11) is 0. The highest BCUT2D eigenvalue weighted by molar-refractivity contribution is 5.71. The average molecular weight is 1090 g/mol. The van der Waals surface area contributed by atoms with Crippen molar-refractivity contribution in [3.05, 3.63) is 48.6 Å². The number of carbonyl (C=O) groups is 3. The Hall–Kier alpha value is -2.63. The van der Waals surface area contributed by atoms with Crippen molar-refractivity contribution in [3.8, 4) is 0 Å². The molecule has 0 N–H and O–H groups in total. The number of hydrogen-bond acceptors (Lipinski definition) is 6. The van der Waals surface area contributed by atoms with Crippen LogP contribution in [-0.2, 0) is 28.6 Å². The van der Waals surface area contributed by atoms with E-state index in [0.717, 1.165) is 96.3 Å². The Labute approximate surface area is 486 Å². The first kappa shape index (κ1) is 75.4. The van der Waals surface area contributed by atoms with Crippen molar-refractivity contribution in [2.75, 3.05) is 13.2 Å². The Kier molecular flexibility index (Phi) is 64.6. The maximum Gasteiger partial charge on any atom is 0.306 e. The van der Waals surface area contributed by atoms with E-state index in [9.17, 15) is 14.4 Å². The van der Waals surface area contributed by atoms with Crippen molar-refractivity contribution in [1.82, 2.24) is 0 Å². The average Bonchev–Trinajstić information content (AvgIpc) is 3.44. The van der Waals surface area contributed by atoms with Gasteiger partial charge in [0.25, 0.3) is 0 Å². The lowest BCUT2D eigenvalue weighted by Gasteiger charge is -2.18. The van der Waals surface area contributed by atoms with Crippen LogP contribution in [-0.4, -0.2) is 37.2 Å². The van der Waals surface area contributed by atoms with Gasteiger partial charge < -0.3 is 14.2 Å². The second kappa shape index (κ2) is 66.9. The molecule has 1 atom stereocenters. The standard InChI is InChI=1S/C72H132O6/c1-4-7-10-13-16-19-22-25-28-30-32-33-34-35-36-37-38-39-40-42-44-47-50-53-56-59-62-65-71(74)77-68-69(67-76-70(73)64-61-58-55-52-49-46-43-27-24-21-18-15-12-9-6-3)78-72(75)66-63-60-57-54-51-48-45-41-31-29-26-23-20-17-14-11-8-5-2/h9,12,18,21,27,30,32,43,69H,4-8,10-11,13-17,19-20,22-26,28-29,31,33-42,44-68H2,1-3H3/b12-9-,21-18-,32-30-,43-27-. The molecule has 0 heterocycles. The number of ether oxygens (including phenoxy) is 3. The van der Waals surface area contributed by atoms with Gasteiger partial charge >= 0.3 is 17.9 Å². The summed E-state index contributed by atoms with van der Waals surface area (Å²) in [6.45, 7) is 6.58. The fourth-order valence-corrected chi connectivity index (χ4v) is 10.4. The molecule has 0 spiro atoms. The van der Waals surface area contributed by atoms with E-state index >= 15 is 0 Å². The summed E-state index contributed by atoms with van der Waals surface area (Å²) in [6, 6.07) is 0. The molecule has 0 aromatic heterocycles. The molecule has 0 fully saturated rings. The SMILES string of the molecule is CC/C=C\C/C=C\C/C=C\CCCCCCCC(=O)OCC(COC(=O)CCCCCCCCCCCCCCCCC/C=C\CCCCCCCCCC)OC(=O)CCCCCCCCCCCCCCCCCCCC. The van der Waals surface area contributed by atoms with Gasteiger partial charge in [-0.15, -0.1) is 0 Å². The smallest absolute Gasteiger partial charge is 0.306 e. The summed E-state index contributed by atoms with van der Waals surface area (Å²) in [5.74, 6) is -0.866. The molecule has 6 heteroatoms. The van der Waals surface area contributed by atoms with Crippen LogP contribution in [0.2, 0.25) is 0 Å². The predicted molar refractivity (Wildman–Crippen MR) is 339 cm³/mol. The van der Waals surface area contributed by atoms with Crippen LogP contribution in [0.5, 0.6) is 0 Å². The molecule has 0 amide bonds. The summed E-state index contributed by atoms with van der Waals surface area (Å²) < 4.78 is 17.0. The molecule has 6 nitrogen and oxygen atoms in total. The lowest BCUT2D eigenvalue weighted by Crippen LogP contribution is -2.30. The van der Waals surface area contributed by atoms with Crippen molar-refractivity contribution in [3.63, 3.8) is 0 Å². The maximum atomic E-state index is 12.9. The van der Waals surface area contributed by atoms with Gasteiger partial charge in [-0.3, -0.25) is 14.4 Å². The molecule has 0 aromatic rings. The molecule has 0 aromatic carbocycles. The van der Waals surface area contributed by atoms with Gasteiger partial charge in [-0.1, -0.05) is 326 Å². The van der Waals surface area contributed by atoms with Crippen molar-refractivity contribution >= 4 is 17.9 Å². The highest BCUT2D eigenvalue weighted by Gasteiger charge is 2.19. The summed E-state index contributed by atoms with van der Waals surface area (Å²) in [6.07, 6.45) is 84.3. The number of carbonyl (C=O) groups excluding carboxylic acids is 3. The van der Waals surface area contributed by atoms with Crippen molar-refractivity contribution in [2.24, 2.45) is 0 Å². The van der Waals surface area contributed by atoms with Crippen LogP contribution in [0.4, 0.5) is 0 Å². The Morgan fingerprint density at radius 3 is 0.795 bits per heavy atom. The summed E-state index contributed by atoms with van der Waals surface area (Å²) in [4.78, 5) is 38.4. The summed E-state index contributed by atoms with van der Waals surface area (Å²) in [5.41, 5.74) is 0. The molecular formula is C72H132O6. The molecule has 0 radical (unpaired) electrons. The zero-order valence-corrected chi connectivity index (χ0v) is 52.5. The fraction of sp³-hybridized carbons (Fsp3) is 0.847. The third kappa shape index (κ3) is 64.2. The summed E-state index contributed by atoms with van der Waals surface area (Å²) in [5, 5.41) is 0. The Balaban J connectivity index is 4.24. The lowest BCUT2D eigenvalue weighted by molar-refractivity contribution is -0.167. The Morgan fingerprint density at radius 2 is 0.500 bits per heavy atom. The number of hydrogen-bond donors (Lipinski definition) is 0. The third-order valence-corrected chi connectivity index (χ3v) is 15.6. The van der Waals surface area contributed by atoms with E-state index in [1.54, 1.807) is 0 Å². The van der Waals surface area contributed by atoms with Crippen LogP contribution >= 0.6 is 0 Å². The van der Waals surface area contributed by atoms with Gasteiger partial charge in [-0.05, 0) is 77.0 Å². The van der Waals surface area contributed by atoms with Gasteiger partial charge in [0, 0.05) is 19.3 Å². The van der Waals surface area contributed by atoms with Gasteiger partial charge in [-0.2, -0.15) is 0 Å². The molecule has 0 aliphatic heterocycles. The predicted octanol–water partition coefficient (Wildman–Crippen LogP) is 23.7. The van der Waals surface area contributed by atoms with Crippen LogP contribution in [0.1, 0.15) is 374 Å². The highest BCUT2D eigenvalue weighted by Crippen LogP contribution is 2.18. The Morgan fingerprint density at radius 1 is 0.269 bits per heavy atom. The first-order chi connectivity index (χ1) is 38.5. The number of esters is 3. The van der Waals surface area contributed by atoms with E-state index in [1.807, 2.05) is 0 Å². The van der Waals surface area contributed by atoms with Gasteiger partial charge in [-0.25, -0.2) is 0 Å². The topological polar surface area (TPSA) is 78.9 Å². The molecule has 1 unspecified atom stereocenters. The minimum absolute atomic E-state index is 0.0741. The molecule has 0 aliphatic rings. The summed E-state index contributed by atoms with van der Waals surface area (Å²) >= 11 is 0. The number of rotatable bonds is 64. The second-order valence-corrected chi connectivity index (χ2v) is 23.4. The van der Waals surface area contributed by atoms with Gasteiger partial charge in [0.05, 0.1) is 0 Å². The Bertz CT molecular complexity index is 1350. The van der Waals surface area contributed by atoms with Crippen LogP contribution in [0.25, 0.3) is 0 Å². The monoisotopic (exact) mass is 1090 g/mol. The normalized spacial score (nSPS) is 12.3. The van der Waals surface area contributed by atoms with Crippen molar-refractivity contribution in [2.45, 2.75) is 380 Å². The van der Waals surface area contributed by atoms with Crippen LogP contribution in [0.3, 0.4) is 0 Å². The molecule has 456 valence electrons. The maximum absolute atomic E-state index is 12.9. The zero-order chi connectivity index (χ0) is 56.4. The highest BCUT2D eigenvalue weighted by atomic mass is 16.6. The quantitative estimate of drug-likeness (QED) is 0.0261. The third-order valence-electron chi connectivity index (χ3n) is 15.6.